The van der Waals surface area contributed by atoms with Gasteiger partial charge in [0, 0.05) is 6.54 Å². The van der Waals surface area contributed by atoms with Gasteiger partial charge in [0.05, 0.1) is 10.6 Å². The van der Waals surface area contributed by atoms with Gasteiger partial charge in [-0.15, -0.1) is 0 Å². The number of hydrogen-bond acceptors (Lipinski definition) is 2. The minimum Gasteiger partial charge on any atom is -0.266 e. The van der Waals surface area contributed by atoms with Crippen molar-refractivity contribution in [3.05, 3.63) is 71.8 Å². The van der Waals surface area contributed by atoms with Gasteiger partial charge in [-0.25, -0.2) is 8.42 Å². The first kappa shape index (κ1) is 15.2. The Hall–Kier alpha value is -2.33. The first-order valence-electron chi connectivity index (χ1n) is 8.17. The molecule has 0 fully saturated rings. The number of nitrogens with zero attached hydrogens (tertiary/aromatic N) is 1. The number of fused-ring (bicyclic) bond motifs is 2. The van der Waals surface area contributed by atoms with Gasteiger partial charge < -0.3 is 0 Å². The van der Waals surface area contributed by atoms with Crippen LogP contribution in [0.25, 0.3) is 10.8 Å². The van der Waals surface area contributed by atoms with Gasteiger partial charge in [-0.05, 0) is 54.3 Å². The SMILES string of the molecule is Cc1ccc2c(c1)CCCN2S(=O)(=O)c1ccc2ccccc2c1. The zero-order valence-electron chi connectivity index (χ0n) is 13.6. The normalized spacial score (nSPS) is 14.6. The second-order valence-electron chi connectivity index (χ2n) is 6.32. The summed E-state index contributed by atoms with van der Waals surface area (Å²) in [5, 5.41) is 1.99. The monoisotopic (exact) mass is 337 g/mol. The Balaban J connectivity index is 1.83. The second kappa shape index (κ2) is 5.64. The van der Waals surface area contributed by atoms with Crippen LogP contribution in [0.4, 0.5) is 5.69 Å². The number of rotatable bonds is 2. The third kappa shape index (κ3) is 2.47. The summed E-state index contributed by atoms with van der Waals surface area (Å²) in [5.74, 6) is 0. The zero-order valence-corrected chi connectivity index (χ0v) is 14.4. The summed E-state index contributed by atoms with van der Waals surface area (Å²) in [6, 6.07) is 19.2. The molecule has 0 saturated heterocycles. The van der Waals surface area contributed by atoms with Crippen LogP contribution in [-0.2, 0) is 16.4 Å². The third-order valence-corrected chi connectivity index (χ3v) is 6.43. The molecule has 1 aliphatic heterocycles. The highest BCUT2D eigenvalue weighted by Gasteiger charge is 2.29. The smallest absolute Gasteiger partial charge is 0.264 e. The van der Waals surface area contributed by atoms with Gasteiger partial charge in [0.25, 0.3) is 10.0 Å². The number of sulfonamides is 1. The molecule has 0 unspecified atom stereocenters. The summed E-state index contributed by atoms with van der Waals surface area (Å²) in [4.78, 5) is 0.356. The molecule has 0 N–H and O–H groups in total. The van der Waals surface area contributed by atoms with Gasteiger partial charge in [0.2, 0.25) is 0 Å². The van der Waals surface area contributed by atoms with E-state index in [9.17, 15) is 8.42 Å². The van der Waals surface area contributed by atoms with Crippen molar-refractivity contribution in [3.63, 3.8) is 0 Å². The Labute approximate surface area is 142 Å². The van der Waals surface area contributed by atoms with E-state index in [0.717, 1.165) is 34.9 Å². The molecule has 0 bridgehead atoms. The highest BCUT2D eigenvalue weighted by molar-refractivity contribution is 7.92. The fraction of sp³-hybridized carbons (Fsp3) is 0.200. The van der Waals surface area contributed by atoms with Crippen molar-refractivity contribution < 1.29 is 8.42 Å². The van der Waals surface area contributed by atoms with Crippen LogP contribution in [0.3, 0.4) is 0 Å². The van der Waals surface area contributed by atoms with E-state index in [1.807, 2.05) is 49.4 Å². The molecule has 0 spiro atoms. The molecule has 3 nitrogen and oxygen atoms in total. The molecule has 0 aromatic heterocycles. The molecule has 24 heavy (non-hydrogen) atoms. The summed E-state index contributed by atoms with van der Waals surface area (Å²) >= 11 is 0. The van der Waals surface area contributed by atoms with E-state index in [2.05, 4.69) is 6.07 Å². The van der Waals surface area contributed by atoms with E-state index in [0.29, 0.717) is 11.4 Å². The highest BCUT2D eigenvalue weighted by Crippen LogP contribution is 2.33. The topological polar surface area (TPSA) is 37.4 Å². The molecule has 0 amide bonds. The minimum absolute atomic E-state index is 0.356. The maximum Gasteiger partial charge on any atom is 0.264 e. The third-order valence-electron chi connectivity index (χ3n) is 4.62. The summed E-state index contributed by atoms with van der Waals surface area (Å²) in [6.45, 7) is 2.57. The summed E-state index contributed by atoms with van der Waals surface area (Å²) in [5.41, 5.74) is 3.10. The number of hydrogen-bond donors (Lipinski definition) is 0. The Kier molecular flexibility index (Phi) is 3.57. The molecular weight excluding hydrogens is 318 g/mol. The van der Waals surface area contributed by atoms with Crippen LogP contribution in [0, 0.1) is 6.92 Å². The molecule has 3 aromatic rings. The Bertz CT molecular complexity index is 1020. The Morgan fingerprint density at radius 2 is 1.71 bits per heavy atom. The second-order valence-corrected chi connectivity index (χ2v) is 8.18. The fourth-order valence-electron chi connectivity index (χ4n) is 3.40. The molecule has 4 rings (SSSR count). The van der Waals surface area contributed by atoms with Gasteiger partial charge in [-0.1, -0.05) is 48.0 Å². The van der Waals surface area contributed by atoms with Gasteiger partial charge in [-0.3, -0.25) is 4.31 Å². The summed E-state index contributed by atoms with van der Waals surface area (Å²) in [6.07, 6.45) is 1.78. The maximum atomic E-state index is 13.2. The minimum atomic E-state index is -3.55. The molecule has 0 saturated carbocycles. The van der Waals surface area contributed by atoms with E-state index < -0.39 is 10.0 Å². The quantitative estimate of drug-likeness (QED) is 0.699. The predicted molar refractivity (Wildman–Crippen MR) is 98.0 cm³/mol. The lowest BCUT2D eigenvalue weighted by Gasteiger charge is -2.30. The number of aryl methyl sites for hydroxylation is 2. The first-order chi connectivity index (χ1) is 11.6. The van der Waals surface area contributed by atoms with Crippen LogP contribution in [0.15, 0.2) is 65.6 Å². The number of benzene rings is 3. The van der Waals surface area contributed by atoms with Gasteiger partial charge in [0.1, 0.15) is 0 Å². The van der Waals surface area contributed by atoms with Crippen LogP contribution in [-0.4, -0.2) is 15.0 Å². The summed E-state index contributed by atoms with van der Waals surface area (Å²) in [7, 11) is -3.55. The van der Waals surface area contributed by atoms with Crippen molar-refractivity contribution in [2.45, 2.75) is 24.7 Å². The molecule has 0 atom stereocenters. The molecule has 1 heterocycles. The predicted octanol–water partition coefficient (Wildman–Crippen LogP) is 4.29. The van der Waals surface area contributed by atoms with E-state index >= 15 is 0 Å². The Morgan fingerprint density at radius 3 is 2.54 bits per heavy atom. The molecule has 3 aromatic carbocycles. The summed E-state index contributed by atoms with van der Waals surface area (Å²) < 4.78 is 28.0. The average molecular weight is 337 g/mol. The van der Waals surface area contributed by atoms with Crippen LogP contribution < -0.4 is 4.31 Å². The number of anilines is 1. The average Bonchev–Trinajstić information content (AvgIpc) is 2.60. The largest absolute Gasteiger partial charge is 0.266 e. The van der Waals surface area contributed by atoms with E-state index in [-0.39, 0.29) is 0 Å². The van der Waals surface area contributed by atoms with Gasteiger partial charge >= 0.3 is 0 Å². The van der Waals surface area contributed by atoms with Crippen LogP contribution >= 0.6 is 0 Å². The van der Waals surface area contributed by atoms with Gasteiger partial charge in [-0.2, -0.15) is 0 Å². The standard InChI is InChI=1S/C20H19NO2S/c1-15-8-11-20-18(13-15)7-4-12-21(20)24(22,23)19-10-9-16-5-2-3-6-17(16)14-19/h2-3,5-6,8-11,13-14H,4,7,12H2,1H3. The molecule has 0 aliphatic carbocycles. The van der Waals surface area contributed by atoms with Crippen molar-refractivity contribution in [1.82, 2.24) is 0 Å². The maximum absolute atomic E-state index is 13.2. The zero-order chi connectivity index (χ0) is 16.7. The molecular formula is C20H19NO2S. The van der Waals surface area contributed by atoms with E-state index in [1.165, 1.54) is 5.56 Å². The molecule has 1 aliphatic rings. The van der Waals surface area contributed by atoms with E-state index in [1.54, 1.807) is 16.4 Å². The highest BCUT2D eigenvalue weighted by atomic mass is 32.2. The lowest BCUT2D eigenvalue weighted by atomic mass is 10.0. The first-order valence-corrected chi connectivity index (χ1v) is 9.61. The van der Waals surface area contributed by atoms with Crippen LogP contribution in [0.5, 0.6) is 0 Å². The van der Waals surface area contributed by atoms with Gasteiger partial charge in [0.15, 0.2) is 0 Å². The van der Waals surface area contributed by atoms with E-state index in [4.69, 9.17) is 0 Å². The molecule has 122 valence electrons. The molecule has 4 heteroatoms. The van der Waals surface area contributed by atoms with Crippen molar-refractivity contribution >= 4 is 26.5 Å². The lowest BCUT2D eigenvalue weighted by molar-refractivity contribution is 0.586. The molecule has 0 radical (unpaired) electrons. The lowest BCUT2D eigenvalue weighted by Crippen LogP contribution is -2.35. The van der Waals surface area contributed by atoms with Crippen LogP contribution in [0.1, 0.15) is 17.5 Å². The van der Waals surface area contributed by atoms with Crippen molar-refractivity contribution in [2.24, 2.45) is 0 Å². The fourth-order valence-corrected chi connectivity index (χ4v) is 4.97. The van der Waals surface area contributed by atoms with Crippen molar-refractivity contribution in [1.29, 1.82) is 0 Å². The van der Waals surface area contributed by atoms with Crippen molar-refractivity contribution in [3.8, 4) is 0 Å². The van der Waals surface area contributed by atoms with Crippen LogP contribution in [0.2, 0.25) is 0 Å². The Morgan fingerprint density at radius 1 is 0.917 bits per heavy atom. The van der Waals surface area contributed by atoms with Crippen molar-refractivity contribution in [2.75, 3.05) is 10.8 Å².